The van der Waals surface area contributed by atoms with E-state index in [1.54, 1.807) is 12.1 Å². The molecule has 0 bridgehead atoms. The van der Waals surface area contributed by atoms with Gasteiger partial charge in [0.1, 0.15) is 11.5 Å². The number of nitrogens with one attached hydrogen (secondary N) is 1. The fourth-order valence-corrected chi connectivity index (χ4v) is 2.78. The monoisotopic (exact) mass is 297 g/mol. The lowest BCUT2D eigenvalue weighted by molar-refractivity contribution is 0.252. The van der Waals surface area contributed by atoms with E-state index in [-0.39, 0.29) is 6.04 Å². The Kier molecular flexibility index (Phi) is 4.70. The molecule has 1 unspecified atom stereocenters. The third kappa shape index (κ3) is 3.54. The summed E-state index contributed by atoms with van der Waals surface area (Å²) in [4.78, 5) is 0.548. The molecule has 5 heteroatoms. The zero-order chi connectivity index (χ0) is 14.7. The SMILES string of the molecule is Cc1cc(C(C)Nc2ccccc2SC(F)F)c(C)o1. The predicted molar refractivity (Wildman–Crippen MR) is 78.5 cm³/mol. The van der Waals surface area contributed by atoms with Crippen molar-refractivity contribution in [2.75, 3.05) is 5.32 Å². The van der Waals surface area contributed by atoms with Crippen molar-refractivity contribution in [1.82, 2.24) is 0 Å². The lowest BCUT2D eigenvalue weighted by atomic mass is 10.1. The highest BCUT2D eigenvalue weighted by molar-refractivity contribution is 7.99. The number of halogens is 2. The summed E-state index contributed by atoms with van der Waals surface area (Å²) in [5.41, 5.74) is 1.75. The minimum Gasteiger partial charge on any atom is -0.466 e. The zero-order valence-corrected chi connectivity index (χ0v) is 12.4. The fourth-order valence-electron chi connectivity index (χ4n) is 2.18. The lowest BCUT2D eigenvalue weighted by Gasteiger charge is -2.17. The summed E-state index contributed by atoms with van der Waals surface area (Å²) in [6.45, 7) is 5.78. The van der Waals surface area contributed by atoms with Gasteiger partial charge in [-0.3, -0.25) is 0 Å². The molecule has 20 heavy (non-hydrogen) atoms. The lowest BCUT2D eigenvalue weighted by Crippen LogP contribution is -2.07. The fraction of sp³-hybridized carbons (Fsp3) is 0.333. The van der Waals surface area contributed by atoms with E-state index < -0.39 is 5.76 Å². The quantitative estimate of drug-likeness (QED) is 0.750. The van der Waals surface area contributed by atoms with Crippen molar-refractivity contribution in [3.05, 3.63) is 47.4 Å². The minimum atomic E-state index is -2.42. The number of furan rings is 1. The molecule has 0 fully saturated rings. The summed E-state index contributed by atoms with van der Waals surface area (Å²) in [5, 5.41) is 3.27. The summed E-state index contributed by atoms with van der Waals surface area (Å²) < 4.78 is 30.6. The number of hydrogen-bond donors (Lipinski definition) is 1. The van der Waals surface area contributed by atoms with Gasteiger partial charge >= 0.3 is 0 Å². The average Bonchev–Trinajstić information content (AvgIpc) is 2.70. The van der Waals surface area contributed by atoms with Gasteiger partial charge in [-0.15, -0.1) is 0 Å². The van der Waals surface area contributed by atoms with Gasteiger partial charge in [0.25, 0.3) is 5.76 Å². The number of aryl methyl sites for hydroxylation is 2. The molecule has 0 saturated heterocycles. The number of benzene rings is 1. The van der Waals surface area contributed by atoms with Crippen LogP contribution in [0.5, 0.6) is 0 Å². The van der Waals surface area contributed by atoms with Crippen LogP contribution in [0.1, 0.15) is 30.0 Å². The second-order valence-electron chi connectivity index (χ2n) is 4.61. The first-order valence-corrected chi connectivity index (χ1v) is 7.22. The molecule has 0 saturated carbocycles. The highest BCUT2D eigenvalue weighted by Crippen LogP contribution is 2.34. The van der Waals surface area contributed by atoms with Crippen molar-refractivity contribution in [3.8, 4) is 0 Å². The van der Waals surface area contributed by atoms with Crippen molar-refractivity contribution < 1.29 is 13.2 Å². The van der Waals surface area contributed by atoms with Crippen LogP contribution in [0.3, 0.4) is 0 Å². The maximum Gasteiger partial charge on any atom is 0.288 e. The van der Waals surface area contributed by atoms with Crippen LogP contribution in [-0.4, -0.2) is 5.76 Å². The average molecular weight is 297 g/mol. The van der Waals surface area contributed by atoms with Crippen LogP contribution in [0.4, 0.5) is 14.5 Å². The van der Waals surface area contributed by atoms with Crippen LogP contribution < -0.4 is 5.32 Å². The van der Waals surface area contributed by atoms with E-state index in [0.717, 1.165) is 17.1 Å². The Morgan fingerprint density at radius 1 is 1.20 bits per heavy atom. The smallest absolute Gasteiger partial charge is 0.288 e. The van der Waals surface area contributed by atoms with E-state index >= 15 is 0 Å². The van der Waals surface area contributed by atoms with E-state index in [1.807, 2.05) is 39.0 Å². The van der Waals surface area contributed by atoms with Crippen molar-refractivity contribution >= 4 is 17.4 Å². The third-order valence-corrected chi connectivity index (χ3v) is 3.81. The number of anilines is 1. The molecule has 0 aliphatic carbocycles. The molecule has 1 atom stereocenters. The molecule has 108 valence electrons. The van der Waals surface area contributed by atoms with Gasteiger partial charge < -0.3 is 9.73 Å². The maximum atomic E-state index is 12.5. The van der Waals surface area contributed by atoms with Gasteiger partial charge in [0, 0.05) is 16.1 Å². The van der Waals surface area contributed by atoms with Gasteiger partial charge in [-0.2, -0.15) is 8.78 Å². The molecule has 1 aromatic heterocycles. The van der Waals surface area contributed by atoms with Gasteiger partial charge in [0.2, 0.25) is 0 Å². The van der Waals surface area contributed by atoms with Crippen molar-refractivity contribution in [2.24, 2.45) is 0 Å². The van der Waals surface area contributed by atoms with Gasteiger partial charge in [-0.25, -0.2) is 0 Å². The first-order chi connectivity index (χ1) is 9.47. The zero-order valence-electron chi connectivity index (χ0n) is 11.6. The van der Waals surface area contributed by atoms with E-state index in [2.05, 4.69) is 5.32 Å². The van der Waals surface area contributed by atoms with Gasteiger partial charge in [-0.05, 0) is 39.0 Å². The molecular weight excluding hydrogens is 280 g/mol. The van der Waals surface area contributed by atoms with Crippen LogP contribution in [0.2, 0.25) is 0 Å². The van der Waals surface area contributed by atoms with Gasteiger partial charge in [0.05, 0.1) is 6.04 Å². The van der Waals surface area contributed by atoms with E-state index in [0.29, 0.717) is 22.3 Å². The molecule has 1 aromatic carbocycles. The van der Waals surface area contributed by atoms with Crippen LogP contribution in [0, 0.1) is 13.8 Å². The molecule has 1 heterocycles. The summed E-state index contributed by atoms with van der Waals surface area (Å²) in [6.07, 6.45) is 0. The first kappa shape index (κ1) is 14.9. The Morgan fingerprint density at radius 2 is 1.90 bits per heavy atom. The maximum absolute atomic E-state index is 12.5. The van der Waals surface area contributed by atoms with Crippen LogP contribution >= 0.6 is 11.8 Å². The predicted octanol–water partition coefficient (Wildman–Crippen LogP) is 5.38. The van der Waals surface area contributed by atoms with Gasteiger partial charge in [-0.1, -0.05) is 23.9 Å². The molecular formula is C15H17F2NOS. The van der Waals surface area contributed by atoms with E-state index in [1.165, 1.54) is 0 Å². The number of rotatable bonds is 5. The van der Waals surface area contributed by atoms with Crippen molar-refractivity contribution in [2.45, 2.75) is 37.5 Å². The number of thioether (sulfide) groups is 1. The Labute approximate surface area is 121 Å². The standard InChI is InChI=1S/C15H17F2NOS/c1-9-8-12(11(3)19-9)10(2)18-13-6-4-5-7-14(13)20-15(16)17/h4-8,10,15,18H,1-3H3. The molecule has 2 nitrogen and oxygen atoms in total. The van der Waals surface area contributed by atoms with Crippen LogP contribution in [0.25, 0.3) is 0 Å². The summed E-state index contributed by atoms with van der Waals surface area (Å²) in [6, 6.07) is 9.05. The molecule has 1 N–H and O–H groups in total. The summed E-state index contributed by atoms with van der Waals surface area (Å²) >= 11 is 0.552. The van der Waals surface area contributed by atoms with E-state index in [9.17, 15) is 8.78 Å². The Bertz CT molecular complexity index is 583. The normalized spacial score (nSPS) is 12.7. The highest BCUT2D eigenvalue weighted by Gasteiger charge is 2.15. The Balaban J connectivity index is 2.19. The number of alkyl halides is 2. The van der Waals surface area contributed by atoms with Crippen LogP contribution in [-0.2, 0) is 0 Å². The topological polar surface area (TPSA) is 25.2 Å². The van der Waals surface area contributed by atoms with Crippen molar-refractivity contribution in [1.29, 1.82) is 0 Å². The van der Waals surface area contributed by atoms with Gasteiger partial charge in [0.15, 0.2) is 0 Å². The Morgan fingerprint density at radius 3 is 2.50 bits per heavy atom. The molecule has 0 spiro atoms. The summed E-state index contributed by atoms with van der Waals surface area (Å²) in [7, 11) is 0. The number of hydrogen-bond acceptors (Lipinski definition) is 3. The molecule has 2 aromatic rings. The van der Waals surface area contributed by atoms with E-state index in [4.69, 9.17) is 4.42 Å². The molecule has 0 radical (unpaired) electrons. The first-order valence-electron chi connectivity index (χ1n) is 6.34. The molecule has 0 aliphatic heterocycles. The second kappa shape index (κ2) is 6.31. The number of para-hydroxylation sites is 1. The Hall–Kier alpha value is -1.49. The molecule has 0 amide bonds. The second-order valence-corrected chi connectivity index (χ2v) is 5.64. The third-order valence-electron chi connectivity index (χ3n) is 3.02. The minimum absolute atomic E-state index is 0.00753. The summed E-state index contributed by atoms with van der Waals surface area (Å²) in [5.74, 6) is -0.728. The molecule has 0 aliphatic rings. The highest BCUT2D eigenvalue weighted by atomic mass is 32.2. The van der Waals surface area contributed by atoms with Crippen molar-refractivity contribution in [3.63, 3.8) is 0 Å². The van der Waals surface area contributed by atoms with Crippen LogP contribution in [0.15, 0.2) is 39.6 Å². The molecule has 2 rings (SSSR count). The largest absolute Gasteiger partial charge is 0.466 e.